The third-order valence-corrected chi connectivity index (χ3v) is 3.94. The molecule has 0 saturated heterocycles. The second-order valence-electron chi connectivity index (χ2n) is 5.25. The average molecular weight is 257 g/mol. The molecule has 3 rings (SSSR count). The van der Waals surface area contributed by atoms with Crippen molar-refractivity contribution in [2.45, 2.75) is 32.5 Å². The molecule has 1 aliphatic rings. The molecule has 0 aliphatic carbocycles. The number of H-pyrrole nitrogens is 1. The molecule has 1 aromatic carbocycles. The summed E-state index contributed by atoms with van der Waals surface area (Å²) in [6.07, 6.45) is 2.93. The lowest BCUT2D eigenvalue weighted by molar-refractivity contribution is 0.192. The maximum atomic E-state index is 12.0. The Morgan fingerprint density at radius 2 is 2.37 bits per heavy atom. The summed E-state index contributed by atoms with van der Waals surface area (Å²) in [6, 6.07) is 6.45. The number of imidazole rings is 1. The molecule has 0 spiro atoms. The zero-order chi connectivity index (χ0) is 13.4. The summed E-state index contributed by atoms with van der Waals surface area (Å²) in [5.74, 6) is 0. The van der Waals surface area contributed by atoms with Crippen LogP contribution in [0.1, 0.15) is 18.9 Å². The molecule has 0 fully saturated rings. The van der Waals surface area contributed by atoms with Crippen LogP contribution in [0.2, 0.25) is 0 Å². The number of hydrogen-bond donors (Lipinski definition) is 1. The summed E-state index contributed by atoms with van der Waals surface area (Å²) >= 11 is 0. The van der Waals surface area contributed by atoms with Crippen LogP contribution in [0.5, 0.6) is 0 Å². The third kappa shape index (κ3) is 2.02. The van der Waals surface area contributed by atoms with E-state index in [2.05, 4.69) is 29.5 Å². The van der Waals surface area contributed by atoms with Gasteiger partial charge >= 0.3 is 5.69 Å². The Balaban J connectivity index is 2.08. The van der Waals surface area contributed by atoms with E-state index in [4.69, 9.17) is 0 Å². The molecule has 0 bridgehead atoms. The summed E-state index contributed by atoms with van der Waals surface area (Å²) in [7, 11) is 0. The fourth-order valence-corrected chi connectivity index (χ4v) is 2.91. The molecule has 19 heavy (non-hydrogen) atoms. The second kappa shape index (κ2) is 4.70. The molecule has 2 aromatic rings. The summed E-state index contributed by atoms with van der Waals surface area (Å²) in [4.78, 5) is 17.4. The van der Waals surface area contributed by atoms with Crippen LogP contribution < -0.4 is 5.69 Å². The van der Waals surface area contributed by atoms with Crippen molar-refractivity contribution in [3.05, 3.63) is 46.9 Å². The van der Waals surface area contributed by atoms with Crippen molar-refractivity contribution in [3.63, 3.8) is 0 Å². The van der Waals surface area contributed by atoms with Gasteiger partial charge in [0.05, 0.1) is 11.0 Å². The Morgan fingerprint density at radius 1 is 1.53 bits per heavy atom. The second-order valence-corrected chi connectivity index (χ2v) is 5.25. The van der Waals surface area contributed by atoms with Gasteiger partial charge in [0.1, 0.15) is 0 Å². The van der Waals surface area contributed by atoms with E-state index < -0.39 is 0 Å². The van der Waals surface area contributed by atoms with Crippen molar-refractivity contribution in [1.82, 2.24) is 14.5 Å². The molecule has 0 unspecified atom stereocenters. The molecule has 0 saturated carbocycles. The molecule has 1 aromatic heterocycles. The van der Waals surface area contributed by atoms with Gasteiger partial charge in [-0.3, -0.25) is 9.47 Å². The highest BCUT2D eigenvalue weighted by atomic mass is 16.1. The highest BCUT2D eigenvalue weighted by Gasteiger charge is 2.23. The van der Waals surface area contributed by atoms with Gasteiger partial charge in [-0.05, 0) is 25.0 Å². The Hall–Kier alpha value is -1.81. The fraction of sp³-hybridized carbons (Fsp3) is 0.400. The highest BCUT2D eigenvalue weighted by molar-refractivity contribution is 5.79. The lowest BCUT2D eigenvalue weighted by Gasteiger charge is -2.26. The molecule has 1 aliphatic heterocycles. The molecule has 4 nitrogen and oxygen atoms in total. The van der Waals surface area contributed by atoms with Crippen LogP contribution in [0.3, 0.4) is 0 Å². The Bertz CT molecular complexity index is 668. The Kier molecular flexibility index (Phi) is 3.03. The quantitative estimate of drug-likeness (QED) is 0.856. The molecule has 1 N–H and O–H groups in total. The van der Waals surface area contributed by atoms with Gasteiger partial charge in [0.15, 0.2) is 0 Å². The lowest BCUT2D eigenvalue weighted by Crippen LogP contribution is -2.36. The number of nitrogens with one attached hydrogen (secondary N) is 1. The van der Waals surface area contributed by atoms with Crippen molar-refractivity contribution in [2.75, 3.05) is 6.54 Å². The maximum Gasteiger partial charge on any atom is 0.326 e. The largest absolute Gasteiger partial charge is 0.326 e. The predicted octanol–water partition coefficient (Wildman–Crippen LogP) is 2.11. The van der Waals surface area contributed by atoms with E-state index in [9.17, 15) is 4.79 Å². The van der Waals surface area contributed by atoms with Gasteiger partial charge in [-0.25, -0.2) is 4.79 Å². The van der Waals surface area contributed by atoms with Crippen LogP contribution in [0, 0.1) is 0 Å². The SMILES string of the molecule is C=CCCN1Cc2cccc3[nH]c(=O)n(c23)C[C@@H]1C. The Labute approximate surface area is 112 Å². The number of para-hydroxylation sites is 1. The minimum atomic E-state index is -0.000120. The number of aromatic nitrogens is 2. The number of hydrogen-bond acceptors (Lipinski definition) is 2. The van der Waals surface area contributed by atoms with E-state index in [0.29, 0.717) is 6.04 Å². The standard InChI is InChI=1S/C15H19N3O/c1-3-4-8-17-10-12-6-5-7-13-14(12)18(9-11(17)2)15(19)16-13/h3,5-7,11H,1,4,8-10H2,2H3,(H,16,19)/t11-/m0/s1. The van der Waals surface area contributed by atoms with Crippen LogP contribution in [-0.4, -0.2) is 27.0 Å². The predicted molar refractivity (Wildman–Crippen MR) is 77.2 cm³/mol. The van der Waals surface area contributed by atoms with E-state index in [-0.39, 0.29) is 5.69 Å². The minimum Gasteiger partial charge on any atom is -0.306 e. The zero-order valence-corrected chi connectivity index (χ0v) is 11.2. The Morgan fingerprint density at radius 3 is 3.16 bits per heavy atom. The molecule has 2 heterocycles. The van der Waals surface area contributed by atoms with E-state index in [1.54, 1.807) is 0 Å². The first-order valence-electron chi connectivity index (χ1n) is 6.76. The van der Waals surface area contributed by atoms with E-state index in [0.717, 1.165) is 37.1 Å². The highest BCUT2D eigenvalue weighted by Crippen LogP contribution is 2.23. The first-order chi connectivity index (χ1) is 9.20. The summed E-state index contributed by atoms with van der Waals surface area (Å²) < 4.78 is 1.88. The topological polar surface area (TPSA) is 41.0 Å². The van der Waals surface area contributed by atoms with E-state index in [1.807, 2.05) is 22.8 Å². The summed E-state index contributed by atoms with van der Waals surface area (Å²) in [5.41, 5.74) is 3.24. The monoisotopic (exact) mass is 257 g/mol. The molecular formula is C15H19N3O. The number of aromatic amines is 1. The molecule has 1 atom stereocenters. The van der Waals surface area contributed by atoms with Crippen molar-refractivity contribution < 1.29 is 0 Å². The van der Waals surface area contributed by atoms with Crippen LogP contribution in [0.15, 0.2) is 35.6 Å². The summed E-state index contributed by atoms with van der Waals surface area (Å²) in [6.45, 7) is 8.60. The van der Waals surface area contributed by atoms with Gasteiger partial charge in [-0.15, -0.1) is 6.58 Å². The lowest BCUT2D eigenvalue weighted by atomic mass is 10.1. The average Bonchev–Trinajstić information content (AvgIpc) is 2.63. The van der Waals surface area contributed by atoms with Crippen LogP contribution in [0.4, 0.5) is 0 Å². The maximum absolute atomic E-state index is 12.0. The van der Waals surface area contributed by atoms with Gasteiger partial charge in [0, 0.05) is 25.7 Å². The molecule has 100 valence electrons. The molecule has 0 amide bonds. The van der Waals surface area contributed by atoms with Crippen LogP contribution in [0.25, 0.3) is 11.0 Å². The smallest absolute Gasteiger partial charge is 0.306 e. The number of rotatable bonds is 3. The van der Waals surface area contributed by atoms with Gasteiger partial charge in [0.25, 0.3) is 0 Å². The minimum absolute atomic E-state index is 0.000120. The van der Waals surface area contributed by atoms with Crippen molar-refractivity contribution in [3.8, 4) is 0 Å². The van der Waals surface area contributed by atoms with Crippen molar-refractivity contribution in [2.24, 2.45) is 0 Å². The van der Waals surface area contributed by atoms with Crippen LogP contribution >= 0.6 is 0 Å². The van der Waals surface area contributed by atoms with Gasteiger partial charge in [-0.2, -0.15) is 0 Å². The molecular weight excluding hydrogens is 238 g/mol. The van der Waals surface area contributed by atoms with E-state index in [1.165, 1.54) is 5.56 Å². The number of nitrogens with zero attached hydrogens (tertiary/aromatic N) is 2. The molecule has 0 radical (unpaired) electrons. The van der Waals surface area contributed by atoms with Crippen LogP contribution in [-0.2, 0) is 13.1 Å². The van der Waals surface area contributed by atoms with E-state index >= 15 is 0 Å². The zero-order valence-electron chi connectivity index (χ0n) is 11.2. The first-order valence-corrected chi connectivity index (χ1v) is 6.76. The third-order valence-electron chi connectivity index (χ3n) is 3.94. The molecule has 4 heteroatoms. The van der Waals surface area contributed by atoms with Crippen molar-refractivity contribution >= 4 is 11.0 Å². The first kappa shape index (κ1) is 12.2. The van der Waals surface area contributed by atoms with Crippen molar-refractivity contribution in [1.29, 1.82) is 0 Å². The van der Waals surface area contributed by atoms with Gasteiger partial charge < -0.3 is 4.98 Å². The number of benzene rings is 1. The van der Waals surface area contributed by atoms with Gasteiger partial charge in [-0.1, -0.05) is 18.2 Å². The van der Waals surface area contributed by atoms with Gasteiger partial charge in [0.2, 0.25) is 0 Å². The normalized spacial score (nSPS) is 19.5. The fourth-order valence-electron chi connectivity index (χ4n) is 2.91. The summed E-state index contributed by atoms with van der Waals surface area (Å²) in [5, 5.41) is 0.